The second kappa shape index (κ2) is 7.38. The van der Waals surface area contributed by atoms with Crippen LogP contribution in [0.1, 0.15) is 36.9 Å². The molecule has 6 heteroatoms. The van der Waals surface area contributed by atoms with Crippen molar-refractivity contribution in [1.29, 1.82) is 0 Å². The molecular formula is C25H28N4O2. The van der Waals surface area contributed by atoms with Gasteiger partial charge in [0.1, 0.15) is 5.75 Å². The van der Waals surface area contributed by atoms with E-state index in [0.29, 0.717) is 0 Å². The Morgan fingerprint density at radius 1 is 1.10 bits per heavy atom. The standard InChI is InChI=1S/C25H28N4O2/c1-30-24-19(5-4-12-26-24)16-28-13-10-25(11-14-28)23-22(20-6-2-3-7-21(20)31-25)27-17-29(23)15-18-8-9-18/h2-7,12,17-18H,8-11,13-16H2,1H3. The topological polar surface area (TPSA) is 52.4 Å². The SMILES string of the molecule is COc1ncccc1CN1CCC2(CC1)Oc1ccccc1-c1ncn(CC3CC3)c12. The van der Waals surface area contributed by atoms with Gasteiger partial charge in [0.05, 0.1) is 24.8 Å². The van der Waals surface area contributed by atoms with E-state index in [1.807, 2.05) is 12.4 Å². The van der Waals surface area contributed by atoms with Crippen LogP contribution >= 0.6 is 0 Å². The number of hydrogen-bond donors (Lipinski definition) is 0. The molecule has 4 heterocycles. The van der Waals surface area contributed by atoms with Crippen LogP contribution in [0.5, 0.6) is 11.6 Å². The van der Waals surface area contributed by atoms with Crippen molar-refractivity contribution in [3.63, 3.8) is 0 Å². The third-order valence-electron chi connectivity index (χ3n) is 6.97. The van der Waals surface area contributed by atoms with Crippen LogP contribution in [0.3, 0.4) is 0 Å². The maximum atomic E-state index is 6.81. The quantitative estimate of drug-likeness (QED) is 0.622. The summed E-state index contributed by atoms with van der Waals surface area (Å²) in [5.41, 5.74) is 4.36. The highest BCUT2D eigenvalue weighted by Gasteiger charge is 2.46. The summed E-state index contributed by atoms with van der Waals surface area (Å²) in [6.45, 7) is 3.84. The number of rotatable bonds is 5. The van der Waals surface area contributed by atoms with E-state index in [-0.39, 0.29) is 5.60 Å². The van der Waals surface area contributed by atoms with E-state index in [1.54, 1.807) is 13.3 Å². The Hall–Kier alpha value is -2.86. The summed E-state index contributed by atoms with van der Waals surface area (Å²) in [6.07, 6.45) is 8.39. The fourth-order valence-corrected chi connectivity index (χ4v) is 5.16. The maximum absolute atomic E-state index is 6.81. The number of benzene rings is 1. The number of aromatic nitrogens is 3. The lowest BCUT2D eigenvalue weighted by molar-refractivity contribution is -0.0132. The molecule has 1 saturated heterocycles. The molecule has 0 amide bonds. The van der Waals surface area contributed by atoms with E-state index in [4.69, 9.17) is 14.5 Å². The van der Waals surface area contributed by atoms with Gasteiger partial charge < -0.3 is 14.0 Å². The molecule has 3 aliphatic rings. The fourth-order valence-electron chi connectivity index (χ4n) is 5.16. The van der Waals surface area contributed by atoms with Crippen LogP contribution in [0.2, 0.25) is 0 Å². The molecule has 160 valence electrons. The summed E-state index contributed by atoms with van der Waals surface area (Å²) in [5, 5.41) is 0. The van der Waals surface area contributed by atoms with Gasteiger partial charge in [0.25, 0.3) is 0 Å². The Morgan fingerprint density at radius 3 is 2.74 bits per heavy atom. The van der Waals surface area contributed by atoms with Gasteiger partial charge in [0, 0.05) is 56.3 Å². The molecule has 0 N–H and O–H groups in total. The Labute approximate surface area is 182 Å². The molecular weight excluding hydrogens is 388 g/mol. The van der Waals surface area contributed by atoms with Gasteiger partial charge in [0.2, 0.25) is 5.88 Å². The van der Waals surface area contributed by atoms with Crippen molar-refractivity contribution in [1.82, 2.24) is 19.4 Å². The van der Waals surface area contributed by atoms with Crippen LogP contribution in [0.4, 0.5) is 0 Å². The summed E-state index contributed by atoms with van der Waals surface area (Å²) in [4.78, 5) is 11.7. The Kier molecular flexibility index (Phi) is 4.49. The number of methoxy groups -OCH3 is 1. The molecule has 0 unspecified atom stereocenters. The minimum atomic E-state index is -0.301. The molecule has 2 aromatic heterocycles. The minimum Gasteiger partial charge on any atom is -0.481 e. The fraction of sp³-hybridized carbons (Fsp3) is 0.440. The number of fused-ring (bicyclic) bond motifs is 4. The minimum absolute atomic E-state index is 0.301. The largest absolute Gasteiger partial charge is 0.481 e. The molecule has 0 atom stereocenters. The van der Waals surface area contributed by atoms with Gasteiger partial charge in [-0.15, -0.1) is 0 Å². The van der Waals surface area contributed by atoms with Crippen molar-refractivity contribution in [3.05, 3.63) is 60.2 Å². The number of pyridine rings is 1. The molecule has 31 heavy (non-hydrogen) atoms. The normalized spacial score (nSPS) is 19.5. The molecule has 1 aromatic carbocycles. The number of likely N-dealkylation sites (tertiary alicyclic amines) is 1. The number of ether oxygens (including phenoxy) is 2. The maximum Gasteiger partial charge on any atom is 0.217 e. The van der Waals surface area contributed by atoms with Gasteiger partial charge in [-0.2, -0.15) is 0 Å². The first-order valence-electron chi connectivity index (χ1n) is 11.3. The molecule has 1 aliphatic carbocycles. The van der Waals surface area contributed by atoms with Crippen LogP contribution in [0.25, 0.3) is 11.3 Å². The molecule has 1 spiro atoms. The highest BCUT2D eigenvalue weighted by molar-refractivity contribution is 5.72. The average Bonchev–Trinajstić information content (AvgIpc) is 3.52. The summed E-state index contributed by atoms with van der Waals surface area (Å²) in [7, 11) is 1.69. The lowest BCUT2D eigenvalue weighted by atomic mass is 9.83. The van der Waals surface area contributed by atoms with Crippen molar-refractivity contribution in [2.75, 3.05) is 20.2 Å². The van der Waals surface area contributed by atoms with Crippen LogP contribution in [-0.2, 0) is 18.7 Å². The summed E-state index contributed by atoms with van der Waals surface area (Å²) in [5.74, 6) is 2.48. The summed E-state index contributed by atoms with van der Waals surface area (Å²) < 4.78 is 14.7. The van der Waals surface area contributed by atoms with Crippen molar-refractivity contribution < 1.29 is 9.47 Å². The molecule has 2 fully saturated rings. The Balaban J connectivity index is 1.29. The number of nitrogens with zero attached hydrogens (tertiary/aromatic N) is 4. The van der Waals surface area contributed by atoms with Crippen molar-refractivity contribution in [2.24, 2.45) is 5.92 Å². The van der Waals surface area contributed by atoms with Crippen molar-refractivity contribution in [2.45, 2.75) is 44.4 Å². The first-order valence-corrected chi connectivity index (χ1v) is 11.3. The first-order chi connectivity index (χ1) is 15.3. The van der Waals surface area contributed by atoms with E-state index in [0.717, 1.165) is 73.4 Å². The van der Waals surface area contributed by atoms with E-state index in [1.165, 1.54) is 18.5 Å². The third-order valence-corrected chi connectivity index (χ3v) is 6.97. The molecule has 2 aliphatic heterocycles. The second-order valence-corrected chi connectivity index (χ2v) is 9.08. The first kappa shape index (κ1) is 18.9. The molecule has 0 bridgehead atoms. The highest BCUT2D eigenvalue weighted by atomic mass is 16.5. The second-order valence-electron chi connectivity index (χ2n) is 9.08. The summed E-state index contributed by atoms with van der Waals surface area (Å²) >= 11 is 0. The number of piperidine rings is 1. The third kappa shape index (κ3) is 3.30. The molecule has 1 saturated carbocycles. The van der Waals surface area contributed by atoms with Gasteiger partial charge in [-0.3, -0.25) is 4.90 Å². The van der Waals surface area contributed by atoms with Crippen LogP contribution in [0, 0.1) is 5.92 Å². The molecule has 6 rings (SSSR count). The molecule has 6 nitrogen and oxygen atoms in total. The predicted molar refractivity (Wildman–Crippen MR) is 118 cm³/mol. The average molecular weight is 417 g/mol. The summed E-state index contributed by atoms with van der Waals surface area (Å²) in [6, 6.07) is 12.4. The van der Waals surface area contributed by atoms with Crippen molar-refractivity contribution >= 4 is 0 Å². The number of para-hydroxylation sites is 1. The van der Waals surface area contributed by atoms with Gasteiger partial charge in [-0.1, -0.05) is 18.2 Å². The lowest BCUT2D eigenvalue weighted by Crippen LogP contribution is -2.48. The van der Waals surface area contributed by atoms with Gasteiger partial charge in [0.15, 0.2) is 5.60 Å². The van der Waals surface area contributed by atoms with Crippen LogP contribution in [0.15, 0.2) is 48.9 Å². The molecule has 3 aromatic rings. The Bertz CT molecular complexity index is 1100. The smallest absolute Gasteiger partial charge is 0.217 e. The molecule has 0 radical (unpaired) electrons. The van der Waals surface area contributed by atoms with Gasteiger partial charge in [-0.05, 0) is 37.0 Å². The van der Waals surface area contributed by atoms with E-state index >= 15 is 0 Å². The van der Waals surface area contributed by atoms with E-state index in [9.17, 15) is 0 Å². The van der Waals surface area contributed by atoms with Gasteiger partial charge >= 0.3 is 0 Å². The number of hydrogen-bond acceptors (Lipinski definition) is 5. The van der Waals surface area contributed by atoms with E-state index < -0.39 is 0 Å². The Morgan fingerprint density at radius 2 is 1.94 bits per heavy atom. The van der Waals surface area contributed by atoms with Crippen molar-refractivity contribution in [3.8, 4) is 22.9 Å². The van der Waals surface area contributed by atoms with Crippen LogP contribution < -0.4 is 9.47 Å². The highest BCUT2D eigenvalue weighted by Crippen LogP contribution is 2.49. The lowest BCUT2D eigenvalue weighted by Gasteiger charge is -2.44. The predicted octanol–water partition coefficient (Wildman–Crippen LogP) is 4.25. The van der Waals surface area contributed by atoms with Crippen LogP contribution in [-0.4, -0.2) is 39.6 Å². The zero-order chi connectivity index (χ0) is 20.8. The van der Waals surface area contributed by atoms with Gasteiger partial charge in [-0.25, -0.2) is 9.97 Å². The zero-order valence-electron chi connectivity index (χ0n) is 18.0. The zero-order valence-corrected chi connectivity index (χ0v) is 18.0. The number of imidazole rings is 1. The van der Waals surface area contributed by atoms with E-state index in [2.05, 4.69) is 44.8 Å². The monoisotopic (exact) mass is 416 g/mol.